The maximum atomic E-state index is 6.41. The van der Waals surface area contributed by atoms with Crippen molar-refractivity contribution in [3.8, 4) is 34.5 Å². The summed E-state index contributed by atoms with van der Waals surface area (Å²) in [7, 11) is 3.32. The normalized spacial score (nSPS) is 14.2. The Labute approximate surface area is 212 Å². The van der Waals surface area contributed by atoms with Crippen LogP contribution in [0.25, 0.3) is 27.8 Å². The smallest absolute Gasteiger partial charge is 0.228 e. The van der Waals surface area contributed by atoms with Crippen LogP contribution in [0.15, 0.2) is 91.3 Å². The van der Waals surface area contributed by atoms with Gasteiger partial charge in [0.1, 0.15) is 23.6 Å². The second-order valence-corrected chi connectivity index (χ2v) is 8.87. The van der Waals surface area contributed by atoms with Gasteiger partial charge in [-0.2, -0.15) is 0 Å². The largest absolute Gasteiger partial charge is 0.497 e. The van der Waals surface area contributed by atoms with Gasteiger partial charge < -0.3 is 14.2 Å². The van der Waals surface area contributed by atoms with Crippen LogP contribution < -0.4 is 14.2 Å². The number of rotatable bonds is 4. The van der Waals surface area contributed by atoms with Gasteiger partial charge in [-0.05, 0) is 46.7 Å². The first-order valence-electron chi connectivity index (χ1n) is 12.0. The van der Waals surface area contributed by atoms with E-state index in [0.29, 0.717) is 23.1 Å². The monoisotopic (exact) mass is 486 g/mol. The lowest BCUT2D eigenvalue weighted by atomic mass is 9.81. The number of aromatic nitrogens is 4. The summed E-state index contributed by atoms with van der Waals surface area (Å²) >= 11 is 0. The van der Waals surface area contributed by atoms with E-state index in [9.17, 15) is 0 Å². The number of fused-ring (bicyclic) bond motifs is 6. The number of benzene rings is 4. The molecule has 0 aliphatic carbocycles. The molecular weight excluding hydrogens is 464 g/mol. The number of hydrogen-bond acceptors (Lipinski definition) is 6. The minimum Gasteiger partial charge on any atom is -0.497 e. The Hall–Kier alpha value is -4.91. The fraction of sp³-hybridized carbons (Fsp3) is 0.100. The van der Waals surface area contributed by atoms with Gasteiger partial charge in [0.25, 0.3) is 0 Å². The third-order valence-corrected chi connectivity index (χ3v) is 6.90. The van der Waals surface area contributed by atoms with Gasteiger partial charge in [0.2, 0.25) is 5.88 Å². The maximum Gasteiger partial charge on any atom is 0.228 e. The Morgan fingerprint density at radius 2 is 1.62 bits per heavy atom. The standard InChI is InChI=1S/C30H22N4O3/c1-35-20-14-11-19(12-15-20)25-26-21-8-4-3-7-18(21)13-16-24(26)37-30-27(25)29-32-28(33-34(29)17-31-30)22-9-5-6-10-23(22)36-2/h3-17,25H,1-2H3/t25-/m0/s1. The highest BCUT2D eigenvalue weighted by molar-refractivity contribution is 5.91. The van der Waals surface area contributed by atoms with Crippen molar-refractivity contribution in [3.05, 3.63) is 108 Å². The molecule has 7 nitrogen and oxygen atoms in total. The number of nitrogens with zero attached hydrogens (tertiary/aromatic N) is 4. The van der Waals surface area contributed by atoms with Crippen molar-refractivity contribution in [2.24, 2.45) is 0 Å². The molecule has 0 N–H and O–H groups in total. The molecular formula is C30H22N4O3. The summed E-state index contributed by atoms with van der Waals surface area (Å²) in [6.45, 7) is 0. The van der Waals surface area contributed by atoms with Crippen molar-refractivity contribution in [2.75, 3.05) is 14.2 Å². The molecule has 7 heteroatoms. The molecule has 2 aromatic heterocycles. The highest BCUT2D eigenvalue weighted by Gasteiger charge is 2.35. The minimum atomic E-state index is -0.179. The van der Waals surface area contributed by atoms with Crippen LogP contribution in [0.4, 0.5) is 0 Å². The molecule has 0 saturated heterocycles. The van der Waals surface area contributed by atoms with Crippen LogP contribution in [0.3, 0.4) is 0 Å². The quantitative estimate of drug-likeness (QED) is 0.293. The van der Waals surface area contributed by atoms with Gasteiger partial charge in [0.05, 0.1) is 25.3 Å². The summed E-state index contributed by atoms with van der Waals surface area (Å²) in [6.07, 6.45) is 1.65. The molecule has 6 aromatic rings. The van der Waals surface area contributed by atoms with E-state index in [-0.39, 0.29) is 5.92 Å². The second-order valence-electron chi connectivity index (χ2n) is 8.87. The van der Waals surface area contributed by atoms with Crippen molar-refractivity contribution in [3.63, 3.8) is 0 Å². The third kappa shape index (κ3) is 3.31. The van der Waals surface area contributed by atoms with Gasteiger partial charge in [-0.15, -0.1) is 5.10 Å². The highest BCUT2D eigenvalue weighted by Crippen LogP contribution is 2.50. The zero-order valence-corrected chi connectivity index (χ0v) is 20.3. The average Bonchev–Trinajstić information content (AvgIpc) is 3.40. The van der Waals surface area contributed by atoms with E-state index in [1.807, 2.05) is 48.5 Å². The molecule has 0 unspecified atom stereocenters. The van der Waals surface area contributed by atoms with Crippen LogP contribution in [-0.4, -0.2) is 33.8 Å². The van der Waals surface area contributed by atoms with Crippen molar-refractivity contribution in [1.82, 2.24) is 19.6 Å². The molecule has 0 spiro atoms. The van der Waals surface area contributed by atoms with Crippen LogP contribution in [0.1, 0.15) is 22.6 Å². The van der Waals surface area contributed by atoms with E-state index in [1.165, 1.54) is 0 Å². The summed E-state index contributed by atoms with van der Waals surface area (Å²) in [5.41, 5.74) is 4.52. The molecule has 37 heavy (non-hydrogen) atoms. The van der Waals surface area contributed by atoms with Crippen LogP contribution in [0.2, 0.25) is 0 Å². The van der Waals surface area contributed by atoms with Crippen molar-refractivity contribution in [2.45, 2.75) is 5.92 Å². The predicted octanol–water partition coefficient (Wildman–Crippen LogP) is 6.25. The molecule has 0 amide bonds. The topological polar surface area (TPSA) is 70.8 Å². The lowest BCUT2D eigenvalue weighted by Crippen LogP contribution is -2.15. The molecule has 0 fully saturated rings. The van der Waals surface area contributed by atoms with Crippen molar-refractivity contribution in [1.29, 1.82) is 0 Å². The Kier molecular flexibility index (Phi) is 4.82. The predicted molar refractivity (Wildman–Crippen MR) is 141 cm³/mol. The Bertz CT molecular complexity index is 1790. The lowest BCUT2D eigenvalue weighted by Gasteiger charge is -2.29. The summed E-state index contributed by atoms with van der Waals surface area (Å²) in [5, 5.41) is 7.03. The number of hydrogen-bond donors (Lipinski definition) is 0. The van der Waals surface area contributed by atoms with E-state index in [2.05, 4.69) is 41.4 Å². The van der Waals surface area contributed by atoms with E-state index in [4.69, 9.17) is 24.3 Å². The molecule has 0 bridgehead atoms. The SMILES string of the molecule is COc1ccc([C@H]2c3c(ccc4ccccc34)Oc3ncn4nc(-c5ccccc5OC)nc4c32)cc1. The molecule has 3 heterocycles. The molecule has 1 atom stereocenters. The highest BCUT2D eigenvalue weighted by atomic mass is 16.5. The molecule has 0 radical (unpaired) electrons. The van der Waals surface area contributed by atoms with E-state index < -0.39 is 0 Å². The molecule has 7 rings (SSSR count). The molecule has 0 saturated carbocycles. The van der Waals surface area contributed by atoms with Gasteiger partial charge >= 0.3 is 0 Å². The van der Waals surface area contributed by atoms with Gasteiger partial charge in [0, 0.05) is 11.5 Å². The Morgan fingerprint density at radius 1 is 0.811 bits per heavy atom. The molecule has 4 aromatic carbocycles. The third-order valence-electron chi connectivity index (χ3n) is 6.90. The van der Waals surface area contributed by atoms with Gasteiger partial charge in [-0.3, -0.25) is 0 Å². The first kappa shape index (κ1) is 21.4. The van der Waals surface area contributed by atoms with E-state index in [1.54, 1.807) is 25.1 Å². The van der Waals surface area contributed by atoms with Gasteiger partial charge in [-0.25, -0.2) is 14.5 Å². The molecule has 1 aliphatic rings. The van der Waals surface area contributed by atoms with Crippen molar-refractivity contribution >= 4 is 16.4 Å². The number of methoxy groups -OCH3 is 2. The summed E-state index contributed by atoms with van der Waals surface area (Å²) in [4.78, 5) is 9.66. The molecule has 1 aliphatic heterocycles. The average molecular weight is 487 g/mol. The molecule has 180 valence electrons. The number of ether oxygens (including phenoxy) is 3. The van der Waals surface area contributed by atoms with Crippen molar-refractivity contribution < 1.29 is 14.2 Å². The van der Waals surface area contributed by atoms with Crippen LogP contribution in [0.5, 0.6) is 23.1 Å². The van der Waals surface area contributed by atoms with E-state index in [0.717, 1.165) is 44.5 Å². The fourth-order valence-electron chi connectivity index (χ4n) is 5.18. The van der Waals surface area contributed by atoms with Crippen LogP contribution in [-0.2, 0) is 0 Å². The van der Waals surface area contributed by atoms with Crippen LogP contribution >= 0.6 is 0 Å². The van der Waals surface area contributed by atoms with Crippen LogP contribution in [0, 0.1) is 0 Å². The Balaban J connectivity index is 1.52. The van der Waals surface area contributed by atoms with Gasteiger partial charge in [-0.1, -0.05) is 54.6 Å². The van der Waals surface area contributed by atoms with E-state index >= 15 is 0 Å². The minimum absolute atomic E-state index is 0.179. The summed E-state index contributed by atoms with van der Waals surface area (Å²) < 4.78 is 19.1. The fourth-order valence-corrected chi connectivity index (χ4v) is 5.18. The number of para-hydroxylation sites is 1. The first-order chi connectivity index (χ1) is 18.2. The second kappa shape index (κ2) is 8.34. The summed E-state index contributed by atoms with van der Waals surface area (Å²) in [6, 6.07) is 28.3. The lowest BCUT2D eigenvalue weighted by molar-refractivity contribution is 0.414. The maximum absolute atomic E-state index is 6.41. The zero-order valence-electron chi connectivity index (χ0n) is 20.3. The zero-order chi connectivity index (χ0) is 24.9. The summed E-state index contributed by atoms with van der Waals surface area (Å²) in [5.74, 6) is 3.20. The van der Waals surface area contributed by atoms with Gasteiger partial charge in [0.15, 0.2) is 11.5 Å². The first-order valence-corrected chi connectivity index (χ1v) is 12.0. The Morgan fingerprint density at radius 3 is 2.46 bits per heavy atom.